The Morgan fingerprint density at radius 1 is 1.20 bits per heavy atom. The van der Waals surface area contributed by atoms with Gasteiger partial charge in [-0.1, -0.05) is 12.1 Å². The highest BCUT2D eigenvalue weighted by Gasteiger charge is 2.10. The fourth-order valence-corrected chi connectivity index (χ4v) is 1.79. The van der Waals surface area contributed by atoms with E-state index >= 15 is 0 Å². The first-order valence-electron chi connectivity index (χ1n) is 6.20. The largest absolute Gasteiger partial charge is 0.504 e. The lowest BCUT2D eigenvalue weighted by Crippen LogP contribution is -2.11. The molecule has 0 aliphatic heterocycles. The lowest BCUT2D eigenvalue weighted by Gasteiger charge is -2.08. The summed E-state index contributed by atoms with van der Waals surface area (Å²) >= 11 is 0. The summed E-state index contributed by atoms with van der Waals surface area (Å²) in [4.78, 5) is 12.0. The normalized spacial score (nSPS) is 10.1. The summed E-state index contributed by atoms with van der Waals surface area (Å²) < 4.78 is 10.4. The van der Waals surface area contributed by atoms with Crippen molar-refractivity contribution in [1.82, 2.24) is 0 Å². The van der Waals surface area contributed by atoms with Crippen molar-refractivity contribution in [3.63, 3.8) is 0 Å². The molecule has 0 amide bonds. The number of carbonyl (C=O) groups excluding carboxylic acids is 1. The van der Waals surface area contributed by atoms with Crippen LogP contribution < -0.4 is 9.47 Å². The van der Waals surface area contributed by atoms with Crippen LogP contribution in [0.2, 0.25) is 0 Å². The number of benzene rings is 2. The molecule has 0 atom stereocenters. The van der Waals surface area contributed by atoms with Crippen molar-refractivity contribution in [3.05, 3.63) is 53.6 Å². The van der Waals surface area contributed by atoms with Crippen LogP contribution in [0.15, 0.2) is 42.5 Å². The van der Waals surface area contributed by atoms with Crippen LogP contribution in [0.1, 0.15) is 15.9 Å². The average Bonchev–Trinajstić information content (AvgIpc) is 2.45. The van der Waals surface area contributed by atoms with E-state index in [9.17, 15) is 9.90 Å². The molecule has 0 fully saturated rings. The molecule has 0 aliphatic rings. The molecule has 0 bridgehead atoms. The first-order valence-corrected chi connectivity index (χ1v) is 6.20. The molecule has 0 heterocycles. The molecule has 1 N–H and O–H groups in total. The van der Waals surface area contributed by atoms with Gasteiger partial charge in [0, 0.05) is 5.56 Å². The number of Topliss-reactive ketones (excluding diaryl/α,β-unsaturated/α-hetero) is 1. The Labute approximate surface area is 117 Å². The lowest BCUT2D eigenvalue weighted by atomic mass is 10.1. The Balaban J connectivity index is 2.05. The third kappa shape index (κ3) is 3.29. The minimum atomic E-state index is -0.176. The molecular formula is C16H16O4. The van der Waals surface area contributed by atoms with Gasteiger partial charge in [0.25, 0.3) is 0 Å². The predicted molar refractivity (Wildman–Crippen MR) is 75.7 cm³/mol. The third-order valence-corrected chi connectivity index (χ3v) is 2.86. The highest BCUT2D eigenvalue weighted by molar-refractivity contribution is 5.97. The minimum Gasteiger partial charge on any atom is -0.504 e. The van der Waals surface area contributed by atoms with Crippen LogP contribution >= 0.6 is 0 Å². The molecule has 0 unspecified atom stereocenters. The number of rotatable bonds is 5. The SMILES string of the molecule is COc1cc(C(=O)COc2cccc(C)c2)ccc1O. The Morgan fingerprint density at radius 2 is 2.00 bits per heavy atom. The van der Waals surface area contributed by atoms with E-state index in [-0.39, 0.29) is 23.9 Å². The summed E-state index contributed by atoms with van der Waals surface area (Å²) in [6.07, 6.45) is 0. The number of phenols is 1. The van der Waals surface area contributed by atoms with E-state index in [4.69, 9.17) is 9.47 Å². The summed E-state index contributed by atoms with van der Waals surface area (Å²) in [6.45, 7) is 1.90. The van der Waals surface area contributed by atoms with Gasteiger partial charge in [0.05, 0.1) is 7.11 Å². The van der Waals surface area contributed by atoms with Crippen LogP contribution in [0, 0.1) is 6.92 Å². The molecule has 0 aromatic heterocycles. The number of carbonyl (C=O) groups is 1. The zero-order valence-corrected chi connectivity index (χ0v) is 11.4. The molecule has 0 spiro atoms. The van der Waals surface area contributed by atoms with Gasteiger partial charge in [-0.3, -0.25) is 4.79 Å². The van der Waals surface area contributed by atoms with E-state index < -0.39 is 0 Å². The molecule has 0 aliphatic carbocycles. The second-order valence-corrected chi connectivity index (χ2v) is 4.41. The van der Waals surface area contributed by atoms with Gasteiger partial charge in [0.15, 0.2) is 23.9 Å². The molecule has 4 heteroatoms. The second kappa shape index (κ2) is 6.10. The number of ether oxygens (including phenoxy) is 2. The summed E-state index contributed by atoms with van der Waals surface area (Å²) in [5.41, 5.74) is 1.51. The first-order chi connectivity index (χ1) is 9.60. The molecule has 0 saturated heterocycles. The van der Waals surface area contributed by atoms with E-state index in [2.05, 4.69) is 0 Å². The highest BCUT2D eigenvalue weighted by atomic mass is 16.5. The van der Waals surface area contributed by atoms with E-state index in [1.165, 1.54) is 19.2 Å². The van der Waals surface area contributed by atoms with Crippen molar-refractivity contribution in [1.29, 1.82) is 0 Å². The van der Waals surface area contributed by atoms with Gasteiger partial charge in [-0.05, 0) is 42.8 Å². The van der Waals surface area contributed by atoms with Crippen LogP contribution in [0.3, 0.4) is 0 Å². The van der Waals surface area contributed by atoms with Crippen molar-refractivity contribution in [2.45, 2.75) is 6.92 Å². The molecule has 2 aromatic carbocycles. The number of aryl methyl sites for hydroxylation is 1. The maximum absolute atomic E-state index is 12.0. The van der Waals surface area contributed by atoms with Crippen molar-refractivity contribution in [2.24, 2.45) is 0 Å². The van der Waals surface area contributed by atoms with Gasteiger partial charge >= 0.3 is 0 Å². The van der Waals surface area contributed by atoms with E-state index in [1.807, 2.05) is 25.1 Å². The monoisotopic (exact) mass is 272 g/mol. The Kier molecular flexibility index (Phi) is 4.25. The summed E-state index contributed by atoms with van der Waals surface area (Å²) in [5, 5.41) is 9.49. The average molecular weight is 272 g/mol. The van der Waals surface area contributed by atoms with Gasteiger partial charge in [0.2, 0.25) is 0 Å². The van der Waals surface area contributed by atoms with Gasteiger partial charge < -0.3 is 14.6 Å². The van der Waals surface area contributed by atoms with E-state index in [0.29, 0.717) is 11.3 Å². The molecule has 0 saturated carbocycles. The van der Waals surface area contributed by atoms with Crippen molar-refractivity contribution in [3.8, 4) is 17.2 Å². The maximum atomic E-state index is 12.0. The van der Waals surface area contributed by atoms with Crippen molar-refractivity contribution in [2.75, 3.05) is 13.7 Å². The van der Waals surface area contributed by atoms with Crippen molar-refractivity contribution >= 4 is 5.78 Å². The van der Waals surface area contributed by atoms with Gasteiger partial charge in [0.1, 0.15) is 5.75 Å². The molecular weight excluding hydrogens is 256 g/mol. The fourth-order valence-electron chi connectivity index (χ4n) is 1.79. The van der Waals surface area contributed by atoms with E-state index in [0.717, 1.165) is 5.56 Å². The second-order valence-electron chi connectivity index (χ2n) is 4.41. The molecule has 4 nitrogen and oxygen atoms in total. The quantitative estimate of drug-likeness (QED) is 0.850. The zero-order valence-electron chi connectivity index (χ0n) is 11.4. The Bertz CT molecular complexity index is 620. The molecule has 20 heavy (non-hydrogen) atoms. The maximum Gasteiger partial charge on any atom is 0.200 e. The van der Waals surface area contributed by atoms with E-state index in [1.54, 1.807) is 12.1 Å². The number of hydrogen-bond acceptors (Lipinski definition) is 4. The van der Waals surface area contributed by atoms with Gasteiger partial charge in [-0.25, -0.2) is 0 Å². The summed E-state index contributed by atoms with van der Waals surface area (Å²) in [5.74, 6) is 0.754. The Morgan fingerprint density at radius 3 is 2.70 bits per heavy atom. The number of methoxy groups -OCH3 is 1. The molecule has 104 valence electrons. The highest BCUT2D eigenvalue weighted by Crippen LogP contribution is 2.26. The van der Waals surface area contributed by atoms with Crippen LogP contribution in [0.4, 0.5) is 0 Å². The van der Waals surface area contributed by atoms with Gasteiger partial charge in [-0.15, -0.1) is 0 Å². The number of phenolic OH excluding ortho intramolecular Hbond substituents is 1. The van der Waals surface area contributed by atoms with Crippen LogP contribution in [0.25, 0.3) is 0 Å². The smallest absolute Gasteiger partial charge is 0.200 e. The third-order valence-electron chi connectivity index (χ3n) is 2.86. The van der Waals surface area contributed by atoms with Crippen LogP contribution in [-0.4, -0.2) is 24.6 Å². The summed E-state index contributed by atoms with van der Waals surface area (Å²) in [7, 11) is 1.44. The number of ketones is 1. The predicted octanol–water partition coefficient (Wildman–Crippen LogP) is 2.97. The topological polar surface area (TPSA) is 55.8 Å². The van der Waals surface area contributed by atoms with Crippen LogP contribution in [-0.2, 0) is 0 Å². The first kappa shape index (κ1) is 13.9. The van der Waals surface area contributed by atoms with Crippen LogP contribution in [0.5, 0.6) is 17.2 Å². The molecule has 2 rings (SSSR count). The summed E-state index contributed by atoms with van der Waals surface area (Å²) in [6, 6.07) is 12.0. The number of hydrogen-bond donors (Lipinski definition) is 1. The molecule has 2 aromatic rings. The lowest BCUT2D eigenvalue weighted by molar-refractivity contribution is 0.0921. The zero-order chi connectivity index (χ0) is 14.5. The minimum absolute atomic E-state index is 0.00338. The van der Waals surface area contributed by atoms with Crippen molar-refractivity contribution < 1.29 is 19.4 Å². The fraction of sp³-hybridized carbons (Fsp3) is 0.188. The number of aromatic hydroxyl groups is 1. The van der Waals surface area contributed by atoms with Gasteiger partial charge in [-0.2, -0.15) is 0 Å². The Hall–Kier alpha value is -2.49. The standard InChI is InChI=1S/C16H16O4/c1-11-4-3-5-13(8-11)20-10-15(18)12-6-7-14(17)16(9-12)19-2/h3-9,17H,10H2,1-2H3. The molecule has 0 radical (unpaired) electrons.